The van der Waals surface area contributed by atoms with Gasteiger partial charge in [-0.15, -0.1) is 0 Å². The van der Waals surface area contributed by atoms with E-state index < -0.39 is 10.8 Å². The Hall–Kier alpha value is -2.75. The van der Waals surface area contributed by atoms with E-state index in [-0.39, 0.29) is 22.7 Å². The molecule has 2 rings (SSSR count). The summed E-state index contributed by atoms with van der Waals surface area (Å²) in [5.41, 5.74) is 2.27. The first-order valence-corrected chi connectivity index (χ1v) is 6.67. The van der Waals surface area contributed by atoms with Crippen molar-refractivity contribution in [2.24, 2.45) is 12.1 Å². The zero-order valence-electron chi connectivity index (χ0n) is 11.2. The van der Waals surface area contributed by atoms with Crippen LogP contribution in [0.1, 0.15) is 16.1 Å². The standard InChI is InChI=1S/C12H10BrN5O4/c1-17-6-9(13)11(16-17)12(20)15-14-5-7-4-8(18(21)22)2-3-10(7)19/h2-6,19H,1H3,(H,15,20). The molecule has 0 saturated carbocycles. The monoisotopic (exact) mass is 367 g/mol. The minimum atomic E-state index is -0.597. The predicted molar refractivity (Wildman–Crippen MR) is 80.7 cm³/mol. The minimum Gasteiger partial charge on any atom is -0.507 e. The Balaban J connectivity index is 2.12. The van der Waals surface area contributed by atoms with Gasteiger partial charge in [-0.2, -0.15) is 10.2 Å². The fourth-order valence-electron chi connectivity index (χ4n) is 1.59. The number of nitro benzene ring substituents is 1. The number of aryl methyl sites for hydroxylation is 1. The molecule has 1 aromatic heterocycles. The number of amides is 1. The molecule has 0 aliphatic heterocycles. The molecule has 1 aromatic carbocycles. The molecule has 0 fully saturated rings. The van der Waals surface area contributed by atoms with Crippen molar-refractivity contribution >= 4 is 33.7 Å². The third kappa shape index (κ3) is 3.47. The van der Waals surface area contributed by atoms with Gasteiger partial charge < -0.3 is 5.11 Å². The van der Waals surface area contributed by atoms with Gasteiger partial charge in [-0.1, -0.05) is 0 Å². The molecule has 0 unspecified atom stereocenters. The van der Waals surface area contributed by atoms with Crippen molar-refractivity contribution in [1.29, 1.82) is 0 Å². The molecular weight excluding hydrogens is 358 g/mol. The Kier molecular flexibility index (Phi) is 4.51. The highest BCUT2D eigenvalue weighted by Crippen LogP contribution is 2.21. The van der Waals surface area contributed by atoms with Gasteiger partial charge in [0.1, 0.15) is 5.75 Å². The summed E-state index contributed by atoms with van der Waals surface area (Å²) < 4.78 is 1.95. The number of phenolic OH excluding ortho intramolecular Hbond substituents is 1. The maximum absolute atomic E-state index is 11.8. The highest BCUT2D eigenvalue weighted by Gasteiger charge is 2.13. The Bertz CT molecular complexity index is 771. The summed E-state index contributed by atoms with van der Waals surface area (Å²) in [6.07, 6.45) is 2.71. The lowest BCUT2D eigenvalue weighted by Gasteiger charge is -1.99. The van der Waals surface area contributed by atoms with Gasteiger partial charge in [-0.3, -0.25) is 19.6 Å². The van der Waals surface area contributed by atoms with Crippen LogP contribution in [0.25, 0.3) is 0 Å². The van der Waals surface area contributed by atoms with Crippen LogP contribution in [0.2, 0.25) is 0 Å². The van der Waals surface area contributed by atoms with E-state index in [1.165, 1.54) is 10.7 Å². The second-order valence-corrected chi connectivity index (χ2v) is 5.05. The number of phenols is 1. The maximum atomic E-state index is 11.8. The molecule has 0 aliphatic carbocycles. The number of aromatic hydroxyl groups is 1. The van der Waals surface area contributed by atoms with Crippen molar-refractivity contribution in [2.45, 2.75) is 0 Å². The number of aromatic nitrogens is 2. The van der Waals surface area contributed by atoms with Crippen LogP contribution in [0.15, 0.2) is 34.0 Å². The van der Waals surface area contributed by atoms with E-state index >= 15 is 0 Å². The van der Waals surface area contributed by atoms with Crippen LogP contribution < -0.4 is 5.43 Å². The lowest BCUT2D eigenvalue weighted by molar-refractivity contribution is -0.384. The first-order chi connectivity index (χ1) is 10.4. The first kappa shape index (κ1) is 15.6. The molecule has 0 bridgehead atoms. The summed E-state index contributed by atoms with van der Waals surface area (Å²) >= 11 is 3.18. The van der Waals surface area contributed by atoms with Gasteiger partial charge in [0, 0.05) is 30.9 Å². The average Bonchev–Trinajstić information content (AvgIpc) is 2.79. The van der Waals surface area contributed by atoms with Crippen LogP contribution in [-0.2, 0) is 7.05 Å². The quantitative estimate of drug-likeness (QED) is 0.482. The van der Waals surface area contributed by atoms with E-state index in [9.17, 15) is 20.0 Å². The van der Waals surface area contributed by atoms with Gasteiger partial charge in [0.25, 0.3) is 11.6 Å². The average molecular weight is 368 g/mol. The van der Waals surface area contributed by atoms with Crippen LogP contribution in [0, 0.1) is 10.1 Å². The van der Waals surface area contributed by atoms with Gasteiger partial charge in [0.2, 0.25) is 0 Å². The maximum Gasteiger partial charge on any atom is 0.293 e. The Labute approximate surface area is 132 Å². The fourth-order valence-corrected chi connectivity index (χ4v) is 2.14. The number of hydrogen-bond acceptors (Lipinski definition) is 6. The molecule has 0 saturated heterocycles. The summed E-state index contributed by atoms with van der Waals surface area (Å²) in [6, 6.07) is 3.48. The molecule has 10 heteroatoms. The number of benzene rings is 1. The van der Waals surface area contributed by atoms with E-state index in [1.54, 1.807) is 13.2 Å². The summed E-state index contributed by atoms with van der Waals surface area (Å²) in [7, 11) is 1.66. The molecule has 22 heavy (non-hydrogen) atoms. The van der Waals surface area contributed by atoms with Crippen molar-refractivity contribution in [3.63, 3.8) is 0 Å². The number of nitro groups is 1. The number of hydrogen-bond donors (Lipinski definition) is 2. The molecule has 0 radical (unpaired) electrons. The lowest BCUT2D eigenvalue weighted by Crippen LogP contribution is -2.19. The van der Waals surface area contributed by atoms with Crippen LogP contribution in [0.4, 0.5) is 5.69 Å². The number of hydrazone groups is 1. The first-order valence-electron chi connectivity index (χ1n) is 5.88. The molecule has 0 aliphatic rings. The largest absolute Gasteiger partial charge is 0.507 e. The number of carbonyl (C=O) groups excluding carboxylic acids is 1. The topological polar surface area (TPSA) is 123 Å². The van der Waals surface area contributed by atoms with Gasteiger partial charge in [0.05, 0.1) is 15.6 Å². The third-order valence-electron chi connectivity index (χ3n) is 2.59. The minimum absolute atomic E-state index is 0.106. The molecular formula is C12H10BrN5O4. The second kappa shape index (κ2) is 6.35. The number of non-ortho nitro benzene ring substituents is 1. The molecule has 1 heterocycles. The zero-order valence-corrected chi connectivity index (χ0v) is 12.8. The van der Waals surface area contributed by atoms with Gasteiger partial charge in [-0.25, -0.2) is 5.43 Å². The molecule has 2 aromatic rings. The van der Waals surface area contributed by atoms with Crippen LogP contribution in [0.3, 0.4) is 0 Å². The van der Waals surface area contributed by atoms with Crippen LogP contribution >= 0.6 is 15.9 Å². The number of halogens is 1. The summed E-state index contributed by atoms with van der Waals surface area (Å²) in [6.45, 7) is 0. The number of nitrogens with one attached hydrogen (secondary N) is 1. The predicted octanol–water partition coefficient (Wildman–Crippen LogP) is 1.56. The molecule has 9 nitrogen and oxygen atoms in total. The highest BCUT2D eigenvalue weighted by atomic mass is 79.9. The van der Waals surface area contributed by atoms with Crippen LogP contribution in [0.5, 0.6) is 5.75 Å². The van der Waals surface area contributed by atoms with E-state index in [0.29, 0.717) is 4.47 Å². The van der Waals surface area contributed by atoms with Gasteiger partial charge in [0.15, 0.2) is 5.69 Å². The van der Waals surface area contributed by atoms with Crippen molar-refractivity contribution in [1.82, 2.24) is 15.2 Å². The normalized spacial score (nSPS) is 10.8. The van der Waals surface area contributed by atoms with E-state index in [4.69, 9.17) is 0 Å². The summed E-state index contributed by atoms with van der Waals surface area (Å²) in [5.74, 6) is -0.753. The van der Waals surface area contributed by atoms with Gasteiger partial charge in [-0.05, 0) is 22.0 Å². The molecule has 0 spiro atoms. The molecule has 0 atom stereocenters. The van der Waals surface area contributed by atoms with E-state index in [2.05, 4.69) is 31.6 Å². The lowest BCUT2D eigenvalue weighted by atomic mass is 10.2. The highest BCUT2D eigenvalue weighted by molar-refractivity contribution is 9.10. The SMILES string of the molecule is Cn1cc(Br)c(C(=O)NN=Cc2cc([N+](=O)[O-])ccc2O)n1. The fraction of sp³-hybridized carbons (Fsp3) is 0.0833. The molecule has 1 amide bonds. The van der Waals surface area contributed by atoms with Crippen molar-refractivity contribution < 1.29 is 14.8 Å². The number of nitrogens with zero attached hydrogens (tertiary/aromatic N) is 4. The smallest absolute Gasteiger partial charge is 0.293 e. The third-order valence-corrected chi connectivity index (χ3v) is 3.17. The zero-order chi connectivity index (χ0) is 16.3. The number of carbonyl (C=O) groups is 1. The van der Waals surface area contributed by atoms with Crippen molar-refractivity contribution in [3.8, 4) is 5.75 Å². The summed E-state index contributed by atoms with van der Waals surface area (Å²) in [4.78, 5) is 21.9. The van der Waals surface area contributed by atoms with Gasteiger partial charge >= 0.3 is 0 Å². The number of rotatable bonds is 4. The Morgan fingerprint density at radius 2 is 2.32 bits per heavy atom. The Morgan fingerprint density at radius 3 is 2.91 bits per heavy atom. The molecule has 2 N–H and O–H groups in total. The van der Waals surface area contributed by atoms with Crippen LogP contribution in [-0.4, -0.2) is 31.9 Å². The van der Waals surface area contributed by atoms with E-state index in [1.807, 2.05) is 0 Å². The summed E-state index contributed by atoms with van der Waals surface area (Å²) in [5, 5.41) is 27.9. The van der Waals surface area contributed by atoms with Crippen molar-refractivity contribution in [3.05, 3.63) is 50.2 Å². The van der Waals surface area contributed by atoms with Crippen molar-refractivity contribution in [2.75, 3.05) is 0 Å². The second-order valence-electron chi connectivity index (χ2n) is 4.20. The molecule has 114 valence electrons. The Morgan fingerprint density at radius 1 is 1.59 bits per heavy atom. The van der Waals surface area contributed by atoms with E-state index in [0.717, 1.165) is 18.3 Å².